The van der Waals surface area contributed by atoms with Crippen molar-refractivity contribution in [3.05, 3.63) is 71.0 Å². The number of benzene rings is 2. The number of ketones is 1. The molecule has 2 aromatic carbocycles. The van der Waals surface area contributed by atoms with E-state index in [-0.39, 0.29) is 42.3 Å². The Morgan fingerprint density at radius 2 is 1.70 bits per heavy atom. The van der Waals surface area contributed by atoms with E-state index in [4.69, 9.17) is 21.1 Å². The number of fused-ring (bicyclic) bond motifs is 1. The summed E-state index contributed by atoms with van der Waals surface area (Å²) in [4.78, 5) is 48.3. The number of morpholine rings is 1. The Bertz CT molecular complexity index is 1610. The Hall–Kier alpha value is -3.41. The highest BCUT2D eigenvalue weighted by atomic mass is 35.5. The van der Waals surface area contributed by atoms with Crippen LogP contribution in [0.15, 0.2) is 54.7 Å². The molecule has 2 N–H and O–H groups in total. The largest absolute Gasteiger partial charge is 0.481 e. The molecule has 2 aliphatic heterocycles. The number of halogens is 1. The molecule has 47 heavy (non-hydrogen) atoms. The quantitative estimate of drug-likeness (QED) is 0.279. The normalized spacial score (nSPS) is 25.3. The van der Waals surface area contributed by atoms with Gasteiger partial charge in [-0.05, 0) is 81.5 Å². The molecule has 3 aromatic rings. The van der Waals surface area contributed by atoms with E-state index in [1.807, 2.05) is 50.2 Å². The third-order valence-corrected chi connectivity index (χ3v) is 9.95. The second kappa shape index (κ2) is 14.4. The minimum Gasteiger partial charge on any atom is -0.481 e. The number of carboxylic acid groups (broad SMARTS) is 1. The van der Waals surface area contributed by atoms with Crippen molar-refractivity contribution in [2.24, 2.45) is 5.92 Å². The van der Waals surface area contributed by atoms with Gasteiger partial charge in [0.2, 0.25) is 5.85 Å². The monoisotopic (exact) mass is 662 g/mol. The third kappa shape index (κ3) is 7.22. The topological polar surface area (TPSA) is 121 Å². The van der Waals surface area contributed by atoms with Crippen LogP contribution in [0.5, 0.6) is 0 Å². The van der Waals surface area contributed by atoms with E-state index in [0.29, 0.717) is 60.7 Å². The molecule has 6 rings (SSSR count). The predicted octanol–water partition coefficient (Wildman–Crippen LogP) is 5.77. The van der Waals surface area contributed by atoms with Gasteiger partial charge in [-0.15, -0.1) is 0 Å². The fourth-order valence-corrected chi connectivity index (χ4v) is 7.68. The Kier molecular flexibility index (Phi) is 10.2. The van der Waals surface area contributed by atoms with Gasteiger partial charge in [0, 0.05) is 44.2 Å². The van der Waals surface area contributed by atoms with Gasteiger partial charge in [-0.25, -0.2) is 0 Å². The molecule has 0 bridgehead atoms. The fraction of sp³-hybridized carbons (Fsp3) is 0.500. The average molecular weight is 663 g/mol. The number of aromatic nitrogens is 1. The van der Waals surface area contributed by atoms with Crippen LogP contribution in [0.25, 0.3) is 10.8 Å². The number of carbonyl (C=O) groups is 3. The first-order valence-electron chi connectivity index (χ1n) is 16.7. The van der Waals surface area contributed by atoms with E-state index in [9.17, 15) is 19.5 Å². The highest BCUT2D eigenvalue weighted by Crippen LogP contribution is 2.37. The summed E-state index contributed by atoms with van der Waals surface area (Å²) in [5.41, 5.74) is 1.44. The standard InChI is InChI=1S/C36H43ClN4O6/c1-23-21-41(22-24(2)46-23)36(40-17-5-6-18-40,47-28-12-10-27(11-13-28)35(44)45)32(42)20-25-9-14-31(30(37)19-25)39-34(43)33-29-8-4-3-7-26(29)15-16-38-33/h3-4,7-9,14-16,19,23-24,27-28H,5-6,10-13,17-18,20-22H2,1-2H3,(H,39,43)(H,44,45)/t23-,24+,27-,28-,36-/m0/s1. The number of pyridine rings is 1. The number of carboxylic acids is 1. The zero-order valence-corrected chi connectivity index (χ0v) is 27.7. The molecule has 11 heteroatoms. The lowest BCUT2D eigenvalue weighted by Gasteiger charge is -2.52. The van der Waals surface area contributed by atoms with Gasteiger partial charge in [0.15, 0.2) is 5.78 Å². The summed E-state index contributed by atoms with van der Waals surface area (Å²) in [6.45, 7) is 6.55. The van der Waals surface area contributed by atoms with Crippen molar-refractivity contribution in [2.45, 2.75) is 83.0 Å². The molecule has 250 valence electrons. The van der Waals surface area contributed by atoms with Gasteiger partial charge in [-0.1, -0.05) is 41.9 Å². The van der Waals surface area contributed by atoms with Gasteiger partial charge >= 0.3 is 5.97 Å². The molecule has 0 radical (unpaired) electrons. The summed E-state index contributed by atoms with van der Waals surface area (Å²) in [5, 5.41) is 14.4. The molecule has 3 aliphatic rings. The van der Waals surface area contributed by atoms with Crippen LogP contribution in [0, 0.1) is 5.92 Å². The molecule has 1 aliphatic carbocycles. The molecule has 3 heterocycles. The van der Waals surface area contributed by atoms with Crippen LogP contribution < -0.4 is 5.32 Å². The first-order chi connectivity index (χ1) is 22.6. The lowest BCUT2D eigenvalue weighted by Crippen LogP contribution is -2.71. The summed E-state index contributed by atoms with van der Waals surface area (Å²) in [6.07, 6.45) is 5.40. The summed E-state index contributed by atoms with van der Waals surface area (Å²) >= 11 is 6.72. The number of hydrogen-bond donors (Lipinski definition) is 2. The minimum absolute atomic E-state index is 0.0694. The second-order valence-corrected chi connectivity index (χ2v) is 13.6. The first kappa shape index (κ1) is 33.5. The van der Waals surface area contributed by atoms with Crippen LogP contribution >= 0.6 is 11.6 Å². The highest BCUT2D eigenvalue weighted by molar-refractivity contribution is 6.34. The highest BCUT2D eigenvalue weighted by Gasteiger charge is 2.54. The lowest BCUT2D eigenvalue weighted by molar-refractivity contribution is -0.274. The van der Waals surface area contributed by atoms with Crippen molar-refractivity contribution in [1.82, 2.24) is 14.8 Å². The van der Waals surface area contributed by atoms with Crippen molar-refractivity contribution >= 4 is 45.7 Å². The molecule has 1 amide bonds. The maximum Gasteiger partial charge on any atom is 0.306 e. The summed E-state index contributed by atoms with van der Waals surface area (Å²) in [7, 11) is 0. The molecular formula is C36H43ClN4O6. The first-order valence-corrected chi connectivity index (χ1v) is 17.0. The van der Waals surface area contributed by atoms with Crippen LogP contribution in [-0.2, 0) is 25.5 Å². The number of likely N-dealkylation sites (tertiary alicyclic amines) is 1. The van der Waals surface area contributed by atoms with E-state index in [0.717, 1.165) is 36.7 Å². The molecule has 0 unspecified atom stereocenters. The molecule has 0 spiro atoms. The van der Waals surface area contributed by atoms with Crippen molar-refractivity contribution < 1.29 is 29.0 Å². The van der Waals surface area contributed by atoms with E-state index in [2.05, 4.69) is 20.1 Å². The third-order valence-electron chi connectivity index (χ3n) is 9.64. The molecule has 10 nitrogen and oxygen atoms in total. The second-order valence-electron chi connectivity index (χ2n) is 13.1. The predicted molar refractivity (Wildman–Crippen MR) is 179 cm³/mol. The molecule has 1 aromatic heterocycles. The lowest BCUT2D eigenvalue weighted by atomic mass is 9.87. The number of rotatable bonds is 10. The van der Waals surface area contributed by atoms with E-state index in [1.54, 1.807) is 18.3 Å². The van der Waals surface area contributed by atoms with E-state index < -0.39 is 11.8 Å². The molecule has 3 fully saturated rings. The number of carbonyl (C=O) groups excluding carboxylic acids is 2. The number of Topliss-reactive ketones (excluding diaryl/α,β-unsaturated/α-hetero) is 1. The Morgan fingerprint density at radius 1 is 1.00 bits per heavy atom. The molecule has 3 atom stereocenters. The van der Waals surface area contributed by atoms with Gasteiger partial charge < -0.3 is 19.9 Å². The SMILES string of the molecule is C[C@@H]1CN([C@](O[C@H]2CC[C@H](C(=O)O)CC2)(C(=O)Cc2ccc(NC(=O)c3nccc4ccccc34)c(Cl)c2)N2CCCC2)C[C@H](C)O1. The number of ether oxygens (including phenoxy) is 2. The van der Waals surface area contributed by atoms with Crippen LogP contribution in [0.2, 0.25) is 5.02 Å². The van der Waals surface area contributed by atoms with Gasteiger partial charge in [-0.3, -0.25) is 29.2 Å². The number of nitrogens with zero attached hydrogens (tertiary/aromatic N) is 3. The Morgan fingerprint density at radius 3 is 2.38 bits per heavy atom. The van der Waals surface area contributed by atoms with Crippen molar-refractivity contribution in [3.8, 4) is 0 Å². The van der Waals surface area contributed by atoms with Crippen LogP contribution in [0.1, 0.15) is 68.4 Å². The Balaban J connectivity index is 1.26. The molecule has 1 saturated carbocycles. The van der Waals surface area contributed by atoms with E-state index >= 15 is 0 Å². The minimum atomic E-state index is -1.32. The number of anilines is 1. The maximum absolute atomic E-state index is 14.8. The summed E-state index contributed by atoms with van der Waals surface area (Å²) < 4.78 is 13.1. The zero-order chi connectivity index (χ0) is 33.1. The average Bonchev–Trinajstić information content (AvgIpc) is 3.60. The smallest absolute Gasteiger partial charge is 0.306 e. The van der Waals surface area contributed by atoms with Crippen LogP contribution in [0.3, 0.4) is 0 Å². The van der Waals surface area contributed by atoms with Crippen molar-refractivity contribution in [1.29, 1.82) is 0 Å². The van der Waals surface area contributed by atoms with Crippen LogP contribution in [0.4, 0.5) is 5.69 Å². The summed E-state index contributed by atoms with van der Waals surface area (Å²) in [5.74, 6) is -2.93. The zero-order valence-electron chi connectivity index (χ0n) is 27.0. The number of hydrogen-bond acceptors (Lipinski definition) is 8. The van der Waals surface area contributed by atoms with Crippen LogP contribution in [-0.4, -0.2) is 87.9 Å². The van der Waals surface area contributed by atoms with E-state index in [1.165, 1.54) is 0 Å². The van der Waals surface area contributed by atoms with Gasteiger partial charge in [-0.2, -0.15) is 0 Å². The summed E-state index contributed by atoms with van der Waals surface area (Å²) in [6, 6.07) is 14.7. The number of nitrogens with one attached hydrogen (secondary N) is 1. The van der Waals surface area contributed by atoms with Crippen molar-refractivity contribution in [2.75, 3.05) is 31.5 Å². The maximum atomic E-state index is 14.8. The molecular weight excluding hydrogens is 620 g/mol. The molecule has 2 saturated heterocycles. The van der Waals surface area contributed by atoms with Crippen molar-refractivity contribution in [3.63, 3.8) is 0 Å². The Labute approximate surface area is 280 Å². The number of aliphatic carboxylic acids is 1. The van der Waals surface area contributed by atoms with Gasteiger partial charge in [0.1, 0.15) is 5.69 Å². The van der Waals surface area contributed by atoms with Gasteiger partial charge in [0.05, 0.1) is 34.9 Å². The number of amides is 1. The fourth-order valence-electron chi connectivity index (χ4n) is 7.43. The van der Waals surface area contributed by atoms with Gasteiger partial charge in [0.25, 0.3) is 5.91 Å².